The summed E-state index contributed by atoms with van der Waals surface area (Å²) in [5.41, 5.74) is 1.41. The van der Waals surface area contributed by atoms with E-state index in [4.69, 9.17) is 11.6 Å². The van der Waals surface area contributed by atoms with Crippen LogP contribution < -0.4 is 5.32 Å². The summed E-state index contributed by atoms with van der Waals surface area (Å²) in [5.74, 6) is 0.366. The molecule has 20 heavy (non-hydrogen) atoms. The van der Waals surface area contributed by atoms with Crippen molar-refractivity contribution in [3.8, 4) is 0 Å². The Morgan fingerprint density at radius 2 is 2.20 bits per heavy atom. The second-order valence-corrected chi connectivity index (χ2v) is 5.83. The summed E-state index contributed by atoms with van der Waals surface area (Å²) in [4.78, 5) is 14.2. The van der Waals surface area contributed by atoms with Gasteiger partial charge in [0.25, 0.3) is 5.91 Å². The van der Waals surface area contributed by atoms with Gasteiger partial charge in [0.15, 0.2) is 0 Å². The number of amides is 1. The van der Waals surface area contributed by atoms with E-state index in [1.165, 1.54) is 0 Å². The van der Waals surface area contributed by atoms with Crippen molar-refractivity contribution in [2.24, 2.45) is 5.92 Å². The van der Waals surface area contributed by atoms with Gasteiger partial charge in [-0.2, -0.15) is 0 Å². The molecule has 5 heteroatoms. The Kier molecular flexibility index (Phi) is 4.89. The molecule has 0 radical (unpaired) electrons. The number of hydrogen-bond donors (Lipinski definition) is 2. The maximum absolute atomic E-state index is 12.5. The minimum atomic E-state index is -0.188. The predicted octanol–water partition coefficient (Wildman–Crippen LogP) is 2.61. The maximum Gasteiger partial charge on any atom is 0.255 e. The maximum atomic E-state index is 12.5. The normalized spacial score (nSPS) is 21.2. The second-order valence-electron chi connectivity index (χ2n) is 5.40. The molecule has 1 amide bonds. The molecule has 1 aliphatic rings. The van der Waals surface area contributed by atoms with Crippen molar-refractivity contribution < 1.29 is 9.90 Å². The molecule has 0 saturated heterocycles. The molecule has 1 aromatic carbocycles. The van der Waals surface area contributed by atoms with Crippen LogP contribution in [0.3, 0.4) is 0 Å². The Bertz CT molecular complexity index is 487. The van der Waals surface area contributed by atoms with Crippen LogP contribution in [0.25, 0.3) is 0 Å². The Morgan fingerprint density at radius 3 is 2.80 bits per heavy atom. The summed E-state index contributed by atoms with van der Waals surface area (Å²) in [5, 5.41) is 13.0. The number of nitrogens with zero attached hydrogens (tertiary/aromatic N) is 1. The van der Waals surface area contributed by atoms with E-state index in [2.05, 4.69) is 5.32 Å². The van der Waals surface area contributed by atoms with E-state index >= 15 is 0 Å². The molecule has 0 heterocycles. The topological polar surface area (TPSA) is 52.6 Å². The van der Waals surface area contributed by atoms with Crippen LogP contribution in [0.2, 0.25) is 5.02 Å². The molecule has 0 aliphatic heterocycles. The van der Waals surface area contributed by atoms with Gasteiger partial charge in [-0.3, -0.25) is 4.79 Å². The highest BCUT2D eigenvalue weighted by atomic mass is 35.5. The van der Waals surface area contributed by atoms with Crippen molar-refractivity contribution in [3.63, 3.8) is 0 Å². The lowest BCUT2D eigenvalue weighted by Gasteiger charge is -2.34. The number of nitrogens with one attached hydrogen (secondary N) is 1. The molecule has 1 aromatic rings. The largest absolute Gasteiger partial charge is 0.393 e. The van der Waals surface area contributed by atoms with E-state index in [0.717, 1.165) is 25.1 Å². The van der Waals surface area contributed by atoms with Crippen LogP contribution >= 0.6 is 11.6 Å². The SMILES string of the molecule is CCNc1ccc(Cl)cc1C(=O)N(C)CC1CC(O)C1. The van der Waals surface area contributed by atoms with Crippen LogP contribution in [0.1, 0.15) is 30.1 Å². The number of aliphatic hydroxyl groups is 1. The Balaban J connectivity index is 2.08. The fourth-order valence-corrected chi connectivity index (χ4v) is 2.74. The zero-order chi connectivity index (χ0) is 14.7. The quantitative estimate of drug-likeness (QED) is 0.878. The Labute approximate surface area is 124 Å². The van der Waals surface area contributed by atoms with Gasteiger partial charge in [-0.05, 0) is 43.9 Å². The fourth-order valence-electron chi connectivity index (χ4n) is 2.56. The first-order chi connectivity index (χ1) is 9.51. The molecule has 110 valence electrons. The van der Waals surface area contributed by atoms with Crippen molar-refractivity contribution in [2.75, 3.05) is 25.5 Å². The number of carbonyl (C=O) groups is 1. The van der Waals surface area contributed by atoms with E-state index in [0.29, 0.717) is 23.0 Å². The summed E-state index contributed by atoms with van der Waals surface area (Å²) in [6.45, 7) is 3.41. The van der Waals surface area contributed by atoms with Crippen LogP contribution in [0.4, 0.5) is 5.69 Å². The van der Waals surface area contributed by atoms with E-state index in [1.807, 2.05) is 13.0 Å². The standard InChI is InChI=1S/C15H21ClN2O2/c1-3-17-14-5-4-11(16)8-13(14)15(20)18(2)9-10-6-12(19)7-10/h4-5,8,10,12,17,19H,3,6-7,9H2,1-2H3. The molecule has 1 fully saturated rings. The summed E-state index contributed by atoms with van der Waals surface area (Å²) in [6, 6.07) is 5.31. The molecule has 1 aliphatic carbocycles. The van der Waals surface area contributed by atoms with Crippen molar-refractivity contribution in [3.05, 3.63) is 28.8 Å². The Hall–Kier alpha value is -1.26. The number of rotatable bonds is 5. The highest BCUT2D eigenvalue weighted by Crippen LogP contribution is 2.29. The Morgan fingerprint density at radius 1 is 1.50 bits per heavy atom. The minimum absolute atomic E-state index is 0.0372. The summed E-state index contributed by atoms with van der Waals surface area (Å²) in [7, 11) is 1.80. The zero-order valence-corrected chi connectivity index (χ0v) is 12.7. The number of carbonyl (C=O) groups excluding carboxylic acids is 1. The van der Waals surface area contributed by atoms with Crippen LogP contribution in [0, 0.1) is 5.92 Å². The lowest BCUT2D eigenvalue weighted by Crippen LogP contribution is -2.39. The van der Waals surface area contributed by atoms with Gasteiger partial charge in [-0.1, -0.05) is 11.6 Å². The first-order valence-electron chi connectivity index (χ1n) is 6.98. The van der Waals surface area contributed by atoms with E-state index in [9.17, 15) is 9.90 Å². The number of halogens is 1. The van der Waals surface area contributed by atoms with Gasteiger partial charge in [0.05, 0.1) is 11.7 Å². The average Bonchev–Trinajstić information content (AvgIpc) is 2.38. The molecule has 1 saturated carbocycles. The van der Waals surface area contributed by atoms with E-state index in [1.54, 1.807) is 24.1 Å². The molecule has 0 bridgehead atoms. The third kappa shape index (κ3) is 3.44. The van der Waals surface area contributed by atoms with Gasteiger partial charge in [0.1, 0.15) is 0 Å². The smallest absolute Gasteiger partial charge is 0.255 e. The third-order valence-corrected chi connectivity index (χ3v) is 3.90. The molecular weight excluding hydrogens is 276 g/mol. The third-order valence-electron chi connectivity index (χ3n) is 3.67. The minimum Gasteiger partial charge on any atom is -0.393 e. The van der Waals surface area contributed by atoms with Crippen LogP contribution in [-0.2, 0) is 0 Å². The van der Waals surface area contributed by atoms with Crippen molar-refractivity contribution in [2.45, 2.75) is 25.9 Å². The highest BCUT2D eigenvalue weighted by molar-refractivity contribution is 6.31. The van der Waals surface area contributed by atoms with Crippen LogP contribution in [0.5, 0.6) is 0 Å². The molecule has 0 aromatic heterocycles. The molecular formula is C15H21ClN2O2. The molecule has 4 nitrogen and oxygen atoms in total. The fraction of sp³-hybridized carbons (Fsp3) is 0.533. The first-order valence-corrected chi connectivity index (χ1v) is 7.36. The molecule has 2 rings (SSSR count). The van der Waals surface area contributed by atoms with Gasteiger partial charge < -0.3 is 15.3 Å². The zero-order valence-electron chi connectivity index (χ0n) is 11.9. The van der Waals surface area contributed by atoms with Crippen molar-refractivity contribution in [1.29, 1.82) is 0 Å². The molecule has 2 N–H and O–H groups in total. The monoisotopic (exact) mass is 296 g/mol. The van der Waals surface area contributed by atoms with E-state index in [-0.39, 0.29) is 12.0 Å². The van der Waals surface area contributed by atoms with E-state index < -0.39 is 0 Å². The molecule has 0 unspecified atom stereocenters. The first kappa shape index (κ1) is 15.1. The second kappa shape index (κ2) is 6.46. The van der Waals surface area contributed by atoms with Gasteiger partial charge >= 0.3 is 0 Å². The van der Waals surface area contributed by atoms with Crippen molar-refractivity contribution in [1.82, 2.24) is 4.90 Å². The molecule has 0 atom stereocenters. The molecule has 0 spiro atoms. The van der Waals surface area contributed by atoms with Crippen LogP contribution in [0.15, 0.2) is 18.2 Å². The number of hydrogen-bond acceptors (Lipinski definition) is 3. The summed E-state index contributed by atoms with van der Waals surface area (Å²) in [6.07, 6.45) is 1.38. The predicted molar refractivity (Wildman–Crippen MR) is 81.3 cm³/mol. The van der Waals surface area contributed by atoms with Crippen LogP contribution in [-0.4, -0.2) is 42.2 Å². The summed E-state index contributed by atoms with van der Waals surface area (Å²) < 4.78 is 0. The summed E-state index contributed by atoms with van der Waals surface area (Å²) >= 11 is 6.00. The average molecular weight is 297 g/mol. The lowest BCUT2D eigenvalue weighted by molar-refractivity contribution is 0.0265. The van der Waals surface area contributed by atoms with Gasteiger partial charge in [-0.25, -0.2) is 0 Å². The van der Waals surface area contributed by atoms with Gasteiger partial charge in [-0.15, -0.1) is 0 Å². The highest BCUT2D eigenvalue weighted by Gasteiger charge is 2.29. The van der Waals surface area contributed by atoms with Crippen molar-refractivity contribution >= 4 is 23.2 Å². The van der Waals surface area contributed by atoms with Gasteiger partial charge in [0.2, 0.25) is 0 Å². The lowest BCUT2D eigenvalue weighted by atomic mass is 9.82. The number of anilines is 1. The number of benzene rings is 1. The number of aliphatic hydroxyl groups excluding tert-OH is 1. The van der Waals surface area contributed by atoms with Gasteiger partial charge in [0, 0.05) is 30.8 Å².